The molecule has 3 aromatic rings. The number of benzene rings is 2. The smallest absolute Gasteiger partial charge is 0.416 e. The van der Waals surface area contributed by atoms with E-state index in [4.69, 9.17) is 4.74 Å². The van der Waals surface area contributed by atoms with Crippen molar-refractivity contribution < 1.29 is 37.3 Å². The van der Waals surface area contributed by atoms with Gasteiger partial charge in [-0.1, -0.05) is 12.1 Å². The Balaban J connectivity index is 1.94. The molecule has 0 atom stereocenters. The number of hydrogen-bond acceptors (Lipinski definition) is 6. The van der Waals surface area contributed by atoms with Gasteiger partial charge in [-0.2, -0.15) is 18.3 Å². The van der Waals surface area contributed by atoms with Crippen molar-refractivity contribution in [2.45, 2.75) is 6.18 Å². The van der Waals surface area contributed by atoms with Gasteiger partial charge in [0.05, 0.1) is 37.4 Å². The first-order chi connectivity index (χ1) is 14.7. The van der Waals surface area contributed by atoms with Crippen LogP contribution in [0.2, 0.25) is 0 Å². The number of phenols is 1. The van der Waals surface area contributed by atoms with Crippen molar-refractivity contribution in [3.63, 3.8) is 0 Å². The van der Waals surface area contributed by atoms with Gasteiger partial charge in [-0.25, -0.2) is 9.48 Å². The third-order valence-electron chi connectivity index (χ3n) is 4.24. The molecule has 0 unspecified atom stereocenters. The molecule has 3 rings (SSSR count). The molecular formula is C20H16F3N3O5. The minimum absolute atomic E-state index is 0.0153. The van der Waals surface area contributed by atoms with Crippen molar-refractivity contribution in [3.05, 3.63) is 65.5 Å². The van der Waals surface area contributed by atoms with Gasteiger partial charge in [0.1, 0.15) is 5.56 Å². The number of nitrogens with one attached hydrogen (secondary N) is 1. The number of ether oxygens (including phenoxy) is 2. The number of amides is 1. The standard InChI is InChI=1S/C20H16F3N3O5/c1-30-15-10-26(12-6-3-5-11(9-12)20(21,22)23)25-16(15)18(28)24-14-8-4-7-13(17(14)27)19(29)31-2/h3-10,27H,1-2H3,(H,24,28). The number of esters is 1. The zero-order chi connectivity index (χ0) is 22.8. The molecule has 0 aliphatic rings. The van der Waals surface area contributed by atoms with Gasteiger partial charge in [0, 0.05) is 0 Å². The van der Waals surface area contributed by atoms with E-state index in [1.807, 2.05) is 0 Å². The Kier molecular flexibility index (Phi) is 5.86. The molecule has 11 heteroatoms. The number of rotatable bonds is 5. The average molecular weight is 435 g/mol. The molecular weight excluding hydrogens is 419 g/mol. The lowest BCUT2D eigenvalue weighted by molar-refractivity contribution is -0.137. The molecule has 1 amide bonds. The van der Waals surface area contributed by atoms with Crippen LogP contribution in [-0.2, 0) is 10.9 Å². The quantitative estimate of drug-likeness (QED) is 0.469. The van der Waals surface area contributed by atoms with Gasteiger partial charge in [-0.3, -0.25) is 4.79 Å². The van der Waals surface area contributed by atoms with Gasteiger partial charge in [-0.05, 0) is 30.3 Å². The van der Waals surface area contributed by atoms with Gasteiger partial charge in [0.25, 0.3) is 5.91 Å². The maximum Gasteiger partial charge on any atom is 0.416 e. The lowest BCUT2D eigenvalue weighted by Crippen LogP contribution is -2.15. The highest BCUT2D eigenvalue weighted by Gasteiger charge is 2.31. The number of aromatic nitrogens is 2. The number of carbonyl (C=O) groups is 2. The van der Waals surface area contributed by atoms with Gasteiger partial charge in [0.2, 0.25) is 0 Å². The maximum absolute atomic E-state index is 13.0. The fourth-order valence-corrected chi connectivity index (χ4v) is 2.72. The van der Waals surface area contributed by atoms with Crippen LogP contribution in [0.25, 0.3) is 5.69 Å². The van der Waals surface area contributed by atoms with Crippen molar-refractivity contribution in [1.82, 2.24) is 9.78 Å². The highest BCUT2D eigenvalue weighted by molar-refractivity contribution is 6.06. The lowest BCUT2D eigenvalue weighted by Gasteiger charge is -2.09. The molecule has 1 aromatic heterocycles. The highest BCUT2D eigenvalue weighted by atomic mass is 19.4. The van der Waals surface area contributed by atoms with Crippen LogP contribution >= 0.6 is 0 Å². The lowest BCUT2D eigenvalue weighted by atomic mass is 10.1. The van der Waals surface area contributed by atoms with Crippen molar-refractivity contribution in [2.75, 3.05) is 19.5 Å². The largest absolute Gasteiger partial charge is 0.505 e. The van der Waals surface area contributed by atoms with Crippen molar-refractivity contribution in [1.29, 1.82) is 0 Å². The van der Waals surface area contributed by atoms with E-state index < -0.39 is 29.4 Å². The highest BCUT2D eigenvalue weighted by Crippen LogP contribution is 2.32. The molecule has 2 aromatic carbocycles. The summed E-state index contributed by atoms with van der Waals surface area (Å²) in [5.41, 5.74) is -1.33. The van der Waals surface area contributed by atoms with E-state index in [0.29, 0.717) is 0 Å². The fourth-order valence-electron chi connectivity index (χ4n) is 2.72. The molecule has 0 bridgehead atoms. The van der Waals surface area contributed by atoms with Gasteiger partial charge >= 0.3 is 12.1 Å². The van der Waals surface area contributed by atoms with E-state index in [1.54, 1.807) is 0 Å². The van der Waals surface area contributed by atoms with E-state index in [-0.39, 0.29) is 28.4 Å². The molecule has 0 fully saturated rings. The fraction of sp³-hybridized carbons (Fsp3) is 0.150. The SMILES string of the molecule is COC(=O)c1cccc(NC(=O)c2nn(-c3cccc(C(F)(F)F)c3)cc2OC)c1O. The average Bonchev–Trinajstić information content (AvgIpc) is 3.19. The summed E-state index contributed by atoms with van der Waals surface area (Å²) in [5.74, 6) is -2.16. The van der Waals surface area contributed by atoms with Gasteiger partial charge in [-0.15, -0.1) is 0 Å². The maximum atomic E-state index is 13.0. The first kappa shape index (κ1) is 21.7. The van der Waals surface area contributed by atoms with Crippen molar-refractivity contribution >= 4 is 17.6 Å². The second-order valence-electron chi connectivity index (χ2n) is 6.19. The molecule has 162 valence electrons. The Morgan fingerprint density at radius 1 is 1.13 bits per heavy atom. The number of hydrogen-bond donors (Lipinski definition) is 2. The molecule has 31 heavy (non-hydrogen) atoms. The second kappa shape index (κ2) is 8.38. The number of alkyl halides is 3. The van der Waals surface area contributed by atoms with E-state index >= 15 is 0 Å². The first-order valence-electron chi connectivity index (χ1n) is 8.68. The Bertz CT molecular complexity index is 1140. The molecule has 0 saturated carbocycles. The van der Waals surface area contributed by atoms with Crippen LogP contribution in [0, 0.1) is 0 Å². The molecule has 0 aliphatic heterocycles. The predicted octanol–water partition coefficient (Wildman–Crippen LogP) is 3.64. The molecule has 2 N–H and O–H groups in total. The summed E-state index contributed by atoms with van der Waals surface area (Å²) in [5, 5.41) is 16.6. The van der Waals surface area contributed by atoms with Crippen LogP contribution in [0.4, 0.5) is 18.9 Å². The number of nitrogens with zero attached hydrogens (tertiary/aromatic N) is 2. The molecule has 0 radical (unpaired) electrons. The molecule has 0 aliphatic carbocycles. The number of aromatic hydroxyl groups is 1. The third-order valence-corrected chi connectivity index (χ3v) is 4.24. The molecule has 8 nitrogen and oxygen atoms in total. The van der Waals surface area contributed by atoms with E-state index in [0.717, 1.165) is 23.9 Å². The molecule has 1 heterocycles. The summed E-state index contributed by atoms with van der Waals surface area (Å²) in [4.78, 5) is 24.4. The van der Waals surface area contributed by atoms with Gasteiger partial charge in [0.15, 0.2) is 17.2 Å². The normalized spacial score (nSPS) is 11.1. The molecule has 0 saturated heterocycles. The van der Waals surface area contributed by atoms with Crippen LogP contribution in [0.15, 0.2) is 48.7 Å². The zero-order valence-corrected chi connectivity index (χ0v) is 16.2. The Hall–Kier alpha value is -4.02. The Morgan fingerprint density at radius 3 is 2.48 bits per heavy atom. The van der Waals surface area contributed by atoms with Crippen LogP contribution < -0.4 is 10.1 Å². The number of anilines is 1. The van der Waals surface area contributed by atoms with Crippen LogP contribution in [0.5, 0.6) is 11.5 Å². The summed E-state index contributed by atoms with van der Waals surface area (Å²) < 4.78 is 49.7. The number of carbonyl (C=O) groups excluding carboxylic acids is 2. The van der Waals surface area contributed by atoms with Gasteiger partial charge < -0.3 is 19.9 Å². The van der Waals surface area contributed by atoms with Crippen molar-refractivity contribution in [3.8, 4) is 17.2 Å². The summed E-state index contributed by atoms with van der Waals surface area (Å²) in [6.07, 6.45) is -3.30. The summed E-state index contributed by atoms with van der Waals surface area (Å²) in [6, 6.07) is 8.45. The Labute approximate surface area is 173 Å². The number of methoxy groups -OCH3 is 2. The second-order valence-corrected chi connectivity index (χ2v) is 6.19. The summed E-state index contributed by atoms with van der Waals surface area (Å²) in [7, 11) is 2.40. The Morgan fingerprint density at radius 2 is 1.84 bits per heavy atom. The minimum Gasteiger partial charge on any atom is -0.505 e. The number of phenolic OH excluding ortho intramolecular Hbond substituents is 1. The van der Waals surface area contributed by atoms with Crippen LogP contribution in [-0.4, -0.2) is 41.0 Å². The number of para-hydroxylation sites is 1. The van der Waals surface area contributed by atoms with Crippen LogP contribution in [0.3, 0.4) is 0 Å². The first-order valence-corrected chi connectivity index (χ1v) is 8.68. The monoisotopic (exact) mass is 435 g/mol. The molecule has 0 spiro atoms. The predicted molar refractivity (Wildman–Crippen MR) is 103 cm³/mol. The van der Waals surface area contributed by atoms with E-state index in [1.165, 1.54) is 43.6 Å². The van der Waals surface area contributed by atoms with E-state index in [2.05, 4.69) is 15.2 Å². The topological polar surface area (TPSA) is 103 Å². The van der Waals surface area contributed by atoms with Crippen molar-refractivity contribution in [2.24, 2.45) is 0 Å². The minimum atomic E-state index is -4.55. The zero-order valence-electron chi connectivity index (χ0n) is 16.2. The third kappa shape index (κ3) is 4.44. The number of halogens is 3. The van der Waals surface area contributed by atoms with Crippen LogP contribution in [0.1, 0.15) is 26.4 Å². The summed E-state index contributed by atoms with van der Waals surface area (Å²) in [6.45, 7) is 0. The van der Waals surface area contributed by atoms with E-state index in [9.17, 15) is 27.9 Å². The summed E-state index contributed by atoms with van der Waals surface area (Å²) >= 11 is 0.